The molecule has 1 saturated heterocycles. The van der Waals surface area contributed by atoms with Crippen LogP contribution < -0.4 is 4.90 Å². The summed E-state index contributed by atoms with van der Waals surface area (Å²) < 4.78 is 1.78. The van der Waals surface area contributed by atoms with Crippen molar-refractivity contribution in [2.24, 2.45) is 7.05 Å². The van der Waals surface area contributed by atoms with Gasteiger partial charge in [0, 0.05) is 74.0 Å². The average Bonchev–Trinajstić information content (AvgIpc) is 3.26. The Labute approximate surface area is 197 Å². The number of hydrogen-bond donors (Lipinski definition) is 0. The number of piperazine rings is 1. The molecule has 0 radical (unpaired) electrons. The van der Waals surface area contributed by atoms with Gasteiger partial charge in [0.15, 0.2) is 5.78 Å². The number of nitrogens with zero attached hydrogens (tertiary/aromatic N) is 6. The minimum atomic E-state index is -0.0620. The zero-order chi connectivity index (χ0) is 22.9. The van der Waals surface area contributed by atoms with Crippen molar-refractivity contribution >= 4 is 34.0 Å². The summed E-state index contributed by atoms with van der Waals surface area (Å²) in [5.41, 5.74) is 3.33. The molecule has 1 aromatic carbocycles. The number of Topliss-reactive ketones (excluding diaryl/α,β-unsaturated/α-hetero) is 1. The van der Waals surface area contributed by atoms with E-state index in [1.165, 1.54) is 0 Å². The van der Waals surface area contributed by atoms with Gasteiger partial charge in [-0.25, -0.2) is 4.98 Å². The van der Waals surface area contributed by atoms with Crippen molar-refractivity contribution < 1.29 is 4.79 Å². The molecular weight excluding hydrogens is 436 g/mol. The topological polar surface area (TPSA) is 67.2 Å². The number of fused-ring (bicyclic) bond motifs is 1. The minimum absolute atomic E-state index is 0.0620. The van der Waals surface area contributed by atoms with Crippen molar-refractivity contribution in [3.63, 3.8) is 0 Å². The molecule has 0 N–H and O–H groups in total. The molecule has 168 valence electrons. The van der Waals surface area contributed by atoms with Gasteiger partial charge in [-0.3, -0.25) is 14.5 Å². The van der Waals surface area contributed by atoms with Gasteiger partial charge in [0.2, 0.25) is 0 Å². The number of carbonyl (C=O) groups is 1. The highest BCUT2D eigenvalue weighted by molar-refractivity contribution is 6.34. The summed E-state index contributed by atoms with van der Waals surface area (Å²) in [6.07, 6.45) is 7.40. The van der Waals surface area contributed by atoms with Crippen molar-refractivity contribution in [2.45, 2.75) is 6.42 Å². The zero-order valence-corrected chi connectivity index (χ0v) is 19.5. The summed E-state index contributed by atoms with van der Waals surface area (Å²) in [5.74, 6) is 0.733. The predicted molar refractivity (Wildman–Crippen MR) is 131 cm³/mol. The molecule has 1 fully saturated rings. The van der Waals surface area contributed by atoms with E-state index in [2.05, 4.69) is 44.0 Å². The molecule has 8 heteroatoms. The number of ketones is 1. The van der Waals surface area contributed by atoms with Crippen LogP contribution in [-0.2, 0) is 13.5 Å². The van der Waals surface area contributed by atoms with Crippen LogP contribution in [0.4, 0.5) is 5.82 Å². The van der Waals surface area contributed by atoms with Gasteiger partial charge in [-0.2, -0.15) is 5.10 Å². The molecule has 33 heavy (non-hydrogen) atoms. The number of anilines is 1. The van der Waals surface area contributed by atoms with E-state index in [4.69, 9.17) is 11.6 Å². The van der Waals surface area contributed by atoms with Crippen LogP contribution in [0, 0.1) is 0 Å². The number of rotatable bonds is 5. The quantitative estimate of drug-likeness (QED) is 0.421. The molecule has 4 heterocycles. The summed E-state index contributed by atoms with van der Waals surface area (Å²) in [5, 5.41) is 6.69. The monoisotopic (exact) mass is 460 g/mol. The second-order valence-corrected chi connectivity index (χ2v) is 8.96. The van der Waals surface area contributed by atoms with Crippen LogP contribution >= 0.6 is 11.6 Å². The number of halogens is 1. The first-order valence-corrected chi connectivity index (χ1v) is 11.3. The molecule has 1 aliphatic rings. The SMILES string of the molecule is CN1CCN(c2cc(C(=O)Cc3cc4cc(-c5cnn(C)c5)ccc4cn3)c(Cl)cn2)CC1. The van der Waals surface area contributed by atoms with Crippen molar-refractivity contribution in [2.75, 3.05) is 38.1 Å². The third-order valence-electron chi connectivity index (χ3n) is 6.13. The third-order valence-corrected chi connectivity index (χ3v) is 6.43. The molecule has 0 unspecified atom stereocenters. The molecule has 0 bridgehead atoms. The lowest BCUT2D eigenvalue weighted by Gasteiger charge is -2.33. The van der Waals surface area contributed by atoms with Gasteiger partial charge < -0.3 is 9.80 Å². The van der Waals surface area contributed by atoms with Crippen molar-refractivity contribution in [3.05, 3.63) is 71.4 Å². The first-order chi connectivity index (χ1) is 16.0. The van der Waals surface area contributed by atoms with E-state index in [-0.39, 0.29) is 12.2 Å². The van der Waals surface area contributed by atoms with E-state index in [0.717, 1.165) is 53.9 Å². The van der Waals surface area contributed by atoms with Crippen LogP contribution in [0.15, 0.2) is 55.1 Å². The number of carbonyl (C=O) groups excluding carboxylic acids is 1. The summed E-state index contributed by atoms with van der Waals surface area (Å²) in [7, 11) is 4.01. The van der Waals surface area contributed by atoms with Gasteiger partial charge in [-0.1, -0.05) is 23.7 Å². The molecule has 5 rings (SSSR count). The number of aromatic nitrogens is 4. The van der Waals surface area contributed by atoms with Crippen LogP contribution in [0.1, 0.15) is 16.1 Å². The maximum Gasteiger partial charge on any atom is 0.170 e. The minimum Gasteiger partial charge on any atom is -0.354 e. The highest BCUT2D eigenvalue weighted by Gasteiger charge is 2.19. The van der Waals surface area contributed by atoms with E-state index in [9.17, 15) is 4.79 Å². The second kappa shape index (κ2) is 8.92. The summed E-state index contributed by atoms with van der Waals surface area (Å²) in [6.45, 7) is 3.69. The maximum atomic E-state index is 13.2. The first kappa shape index (κ1) is 21.6. The molecule has 3 aromatic heterocycles. The van der Waals surface area contributed by atoms with E-state index in [1.807, 2.05) is 43.8 Å². The fraction of sp³-hybridized carbons (Fsp3) is 0.280. The van der Waals surface area contributed by atoms with Gasteiger partial charge in [-0.15, -0.1) is 0 Å². The van der Waals surface area contributed by atoms with Crippen molar-refractivity contribution in [1.29, 1.82) is 0 Å². The molecule has 1 aliphatic heterocycles. The lowest BCUT2D eigenvalue weighted by molar-refractivity contribution is 0.0992. The Morgan fingerprint density at radius 3 is 2.52 bits per heavy atom. The molecule has 0 spiro atoms. The molecule has 0 amide bonds. The Hall–Kier alpha value is -3.29. The van der Waals surface area contributed by atoms with Crippen LogP contribution in [0.5, 0.6) is 0 Å². The zero-order valence-electron chi connectivity index (χ0n) is 18.7. The summed E-state index contributed by atoms with van der Waals surface area (Å²) in [6, 6.07) is 9.99. The number of benzene rings is 1. The smallest absolute Gasteiger partial charge is 0.170 e. The van der Waals surface area contributed by atoms with E-state index in [1.54, 1.807) is 10.9 Å². The number of likely N-dealkylation sites (N-methyl/N-ethyl adjacent to an activating group) is 1. The number of hydrogen-bond acceptors (Lipinski definition) is 6. The molecule has 4 aromatic rings. The van der Waals surface area contributed by atoms with Crippen LogP contribution in [-0.4, -0.2) is 63.7 Å². The molecule has 0 aliphatic carbocycles. The van der Waals surface area contributed by atoms with Gasteiger partial charge >= 0.3 is 0 Å². The Kier molecular flexibility index (Phi) is 5.83. The fourth-order valence-electron chi connectivity index (χ4n) is 4.14. The second-order valence-electron chi connectivity index (χ2n) is 8.55. The van der Waals surface area contributed by atoms with Gasteiger partial charge in [0.25, 0.3) is 0 Å². The fourth-order valence-corrected chi connectivity index (χ4v) is 4.35. The van der Waals surface area contributed by atoms with E-state index in [0.29, 0.717) is 16.3 Å². The molecule has 0 saturated carbocycles. The maximum absolute atomic E-state index is 13.2. The average molecular weight is 461 g/mol. The Morgan fingerprint density at radius 2 is 1.76 bits per heavy atom. The number of aryl methyl sites for hydroxylation is 1. The van der Waals surface area contributed by atoms with Crippen molar-refractivity contribution in [1.82, 2.24) is 24.6 Å². The van der Waals surface area contributed by atoms with Gasteiger partial charge in [-0.05, 0) is 36.2 Å². The van der Waals surface area contributed by atoms with Crippen LogP contribution in [0.3, 0.4) is 0 Å². The normalized spacial score (nSPS) is 14.7. The summed E-state index contributed by atoms with van der Waals surface area (Å²) in [4.78, 5) is 26.6. The molecule has 7 nitrogen and oxygen atoms in total. The Bertz CT molecular complexity index is 1330. The standard InChI is InChI=1S/C25H25ClN6O/c1-30-5-7-32(8-6-30)25-12-22(23(26)15-28-25)24(33)11-21-10-19-9-17(3-4-18(19)13-27-21)20-14-29-31(2)16-20/h3-4,9-10,12-16H,5-8,11H2,1-2H3. The van der Waals surface area contributed by atoms with E-state index < -0.39 is 0 Å². The largest absolute Gasteiger partial charge is 0.354 e. The van der Waals surface area contributed by atoms with Gasteiger partial charge in [0.1, 0.15) is 5.82 Å². The van der Waals surface area contributed by atoms with Crippen molar-refractivity contribution in [3.8, 4) is 11.1 Å². The highest BCUT2D eigenvalue weighted by Crippen LogP contribution is 2.26. The first-order valence-electron chi connectivity index (χ1n) is 11.0. The van der Waals surface area contributed by atoms with Crippen LogP contribution in [0.25, 0.3) is 21.9 Å². The lowest BCUT2D eigenvalue weighted by Crippen LogP contribution is -2.44. The number of pyridine rings is 2. The molecule has 0 atom stereocenters. The van der Waals surface area contributed by atoms with Gasteiger partial charge in [0.05, 0.1) is 17.6 Å². The Morgan fingerprint density at radius 1 is 0.939 bits per heavy atom. The highest BCUT2D eigenvalue weighted by atomic mass is 35.5. The summed E-state index contributed by atoms with van der Waals surface area (Å²) >= 11 is 6.37. The Balaban J connectivity index is 1.39. The molecular formula is C25H25ClN6O. The lowest BCUT2D eigenvalue weighted by atomic mass is 10.0. The third kappa shape index (κ3) is 4.60. The predicted octanol–water partition coefficient (Wildman–Crippen LogP) is 3.86. The van der Waals surface area contributed by atoms with Crippen LogP contribution in [0.2, 0.25) is 5.02 Å². The van der Waals surface area contributed by atoms with E-state index >= 15 is 0 Å².